The van der Waals surface area contributed by atoms with E-state index in [0.29, 0.717) is 24.5 Å². The van der Waals surface area contributed by atoms with Crippen molar-refractivity contribution in [3.05, 3.63) is 71.8 Å². The van der Waals surface area contributed by atoms with Gasteiger partial charge in [0.15, 0.2) is 5.96 Å². The molecule has 0 aliphatic carbocycles. The van der Waals surface area contributed by atoms with Crippen LogP contribution in [-0.2, 0) is 6.42 Å². The second-order valence-electron chi connectivity index (χ2n) is 5.82. The van der Waals surface area contributed by atoms with Crippen LogP contribution in [0.25, 0.3) is 0 Å². The highest BCUT2D eigenvalue weighted by molar-refractivity contribution is 5.78. The zero-order valence-corrected chi connectivity index (χ0v) is 13.4. The number of nitrogens with one attached hydrogen (secondary N) is 1. The van der Waals surface area contributed by atoms with Crippen molar-refractivity contribution in [1.29, 1.82) is 0 Å². The molecule has 22 heavy (non-hydrogen) atoms. The Hall–Kier alpha value is -2.29. The summed E-state index contributed by atoms with van der Waals surface area (Å²) >= 11 is 0. The van der Waals surface area contributed by atoms with Crippen LogP contribution >= 0.6 is 0 Å². The van der Waals surface area contributed by atoms with Gasteiger partial charge >= 0.3 is 0 Å². The zero-order chi connectivity index (χ0) is 15.8. The Morgan fingerprint density at radius 2 is 1.59 bits per heavy atom. The van der Waals surface area contributed by atoms with E-state index in [1.807, 2.05) is 12.1 Å². The number of guanidine groups is 1. The Kier molecular flexibility index (Phi) is 6.01. The third-order valence-electron chi connectivity index (χ3n) is 3.51. The van der Waals surface area contributed by atoms with Gasteiger partial charge < -0.3 is 11.1 Å². The SMILES string of the molecule is CC(C)NC(N)=NCC(Cc1ccccc1)c1ccccc1. The number of hydrogen-bond acceptors (Lipinski definition) is 1. The lowest BCUT2D eigenvalue weighted by molar-refractivity contribution is 0.679. The van der Waals surface area contributed by atoms with Crippen molar-refractivity contribution in [3.63, 3.8) is 0 Å². The molecule has 0 heterocycles. The minimum Gasteiger partial charge on any atom is -0.370 e. The second-order valence-corrected chi connectivity index (χ2v) is 5.82. The summed E-state index contributed by atoms with van der Waals surface area (Å²) in [5.74, 6) is 0.847. The first-order chi connectivity index (χ1) is 10.6. The van der Waals surface area contributed by atoms with E-state index in [0.717, 1.165) is 6.42 Å². The van der Waals surface area contributed by atoms with E-state index in [1.165, 1.54) is 11.1 Å². The first kappa shape index (κ1) is 16.1. The Bertz CT molecular complexity index is 576. The summed E-state index contributed by atoms with van der Waals surface area (Å²) < 4.78 is 0. The normalized spacial score (nSPS) is 13.1. The van der Waals surface area contributed by atoms with Gasteiger partial charge in [-0.05, 0) is 31.4 Å². The van der Waals surface area contributed by atoms with Crippen LogP contribution in [0.5, 0.6) is 0 Å². The molecule has 1 atom stereocenters. The summed E-state index contributed by atoms with van der Waals surface area (Å²) in [6.45, 7) is 4.80. The Balaban J connectivity index is 2.12. The molecule has 3 N–H and O–H groups in total. The van der Waals surface area contributed by atoms with Crippen LogP contribution in [-0.4, -0.2) is 18.5 Å². The lowest BCUT2D eigenvalue weighted by Crippen LogP contribution is -2.37. The van der Waals surface area contributed by atoms with Gasteiger partial charge in [0.1, 0.15) is 0 Å². The number of nitrogens with zero attached hydrogens (tertiary/aromatic N) is 1. The molecule has 0 aliphatic rings. The summed E-state index contributed by atoms with van der Waals surface area (Å²) in [6, 6.07) is 21.3. The summed E-state index contributed by atoms with van der Waals surface area (Å²) in [5.41, 5.74) is 8.55. The Morgan fingerprint density at radius 1 is 1.00 bits per heavy atom. The highest BCUT2D eigenvalue weighted by Crippen LogP contribution is 2.21. The van der Waals surface area contributed by atoms with Crippen LogP contribution < -0.4 is 11.1 Å². The van der Waals surface area contributed by atoms with E-state index in [1.54, 1.807) is 0 Å². The number of benzene rings is 2. The van der Waals surface area contributed by atoms with Gasteiger partial charge in [-0.3, -0.25) is 4.99 Å². The van der Waals surface area contributed by atoms with Gasteiger partial charge in [0.2, 0.25) is 0 Å². The lowest BCUT2D eigenvalue weighted by atomic mass is 9.92. The number of nitrogens with two attached hydrogens (primary N) is 1. The van der Waals surface area contributed by atoms with E-state index < -0.39 is 0 Å². The fourth-order valence-corrected chi connectivity index (χ4v) is 2.46. The van der Waals surface area contributed by atoms with E-state index in [-0.39, 0.29) is 0 Å². The quantitative estimate of drug-likeness (QED) is 0.634. The molecular weight excluding hydrogens is 270 g/mol. The Labute approximate surface area is 133 Å². The van der Waals surface area contributed by atoms with Crippen LogP contribution in [0.3, 0.4) is 0 Å². The fraction of sp³-hybridized carbons (Fsp3) is 0.316. The summed E-state index contributed by atoms with van der Waals surface area (Å²) in [6.07, 6.45) is 0.962. The molecule has 0 fully saturated rings. The zero-order valence-electron chi connectivity index (χ0n) is 13.4. The van der Waals surface area contributed by atoms with Crippen LogP contribution in [0.15, 0.2) is 65.7 Å². The van der Waals surface area contributed by atoms with Gasteiger partial charge in [-0.25, -0.2) is 0 Å². The van der Waals surface area contributed by atoms with Crippen LogP contribution in [0.2, 0.25) is 0 Å². The maximum atomic E-state index is 5.93. The van der Waals surface area contributed by atoms with Crippen molar-refractivity contribution < 1.29 is 0 Å². The molecule has 0 aromatic heterocycles. The lowest BCUT2D eigenvalue weighted by Gasteiger charge is -2.16. The van der Waals surface area contributed by atoms with Crippen LogP contribution in [0.1, 0.15) is 30.9 Å². The molecule has 2 aromatic rings. The first-order valence-corrected chi connectivity index (χ1v) is 7.80. The third-order valence-corrected chi connectivity index (χ3v) is 3.51. The van der Waals surface area contributed by atoms with Crippen molar-refractivity contribution in [2.45, 2.75) is 32.2 Å². The van der Waals surface area contributed by atoms with Gasteiger partial charge in [0.25, 0.3) is 0 Å². The van der Waals surface area contributed by atoms with Crippen molar-refractivity contribution in [3.8, 4) is 0 Å². The minimum atomic E-state index is 0.299. The summed E-state index contributed by atoms with van der Waals surface area (Å²) in [4.78, 5) is 4.52. The van der Waals surface area contributed by atoms with Gasteiger partial charge in [-0.1, -0.05) is 60.7 Å². The molecule has 116 valence electrons. The van der Waals surface area contributed by atoms with E-state index in [4.69, 9.17) is 5.73 Å². The van der Waals surface area contributed by atoms with Crippen molar-refractivity contribution >= 4 is 5.96 Å². The van der Waals surface area contributed by atoms with Crippen LogP contribution in [0, 0.1) is 0 Å². The third kappa shape index (κ3) is 5.24. The molecule has 3 heteroatoms. The first-order valence-electron chi connectivity index (χ1n) is 7.80. The Morgan fingerprint density at radius 3 is 2.18 bits per heavy atom. The topological polar surface area (TPSA) is 50.4 Å². The molecule has 2 rings (SSSR count). The van der Waals surface area contributed by atoms with Gasteiger partial charge in [-0.15, -0.1) is 0 Å². The molecular formula is C19H25N3. The fourth-order valence-electron chi connectivity index (χ4n) is 2.46. The molecule has 0 saturated carbocycles. The molecule has 0 bridgehead atoms. The predicted molar refractivity (Wildman–Crippen MR) is 94.1 cm³/mol. The van der Waals surface area contributed by atoms with Crippen LogP contribution in [0.4, 0.5) is 0 Å². The highest BCUT2D eigenvalue weighted by Gasteiger charge is 2.12. The maximum absolute atomic E-state index is 5.93. The van der Waals surface area contributed by atoms with E-state index in [9.17, 15) is 0 Å². The predicted octanol–water partition coefficient (Wildman–Crippen LogP) is 3.33. The number of aliphatic imine (C=N–C) groups is 1. The van der Waals surface area contributed by atoms with E-state index in [2.05, 4.69) is 72.7 Å². The van der Waals surface area contributed by atoms with Crippen molar-refractivity contribution in [2.75, 3.05) is 6.54 Å². The summed E-state index contributed by atoms with van der Waals surface area (Å²) in [7, 11) is 0. The average Bonchev–Trinajstić information content (AvgIpc) is 2.52. The monoisotopic (exact) mass is 295 g/mol. The molecule has 0 saturated heterocycles. The largest absolute Gasteiger partial charge is 0.370 e. The van der Waals surface area contributed by atoms with Gasteiger partial charge in [0.05, 0.1) is 0 Å². The number of hydrogen-bond donors (Lipinski definition) is 2. The highest BCUT2D eigenvalue weighted by atomic mass is 15.1. The standard InChI is InChI=1S/C19H25N3/c1-15(2)22-19(20)21-14-18(17-11-7-4-8-12-17)13-16-9-5-3-6-10-16/h3-12,15,18H,13-14H2,1-2H3,(H3,20,21,22). The minimum absolute atomic E-state index is 0.299. The molecule has 1 unspecified atom stereocenters. The number of rotatable bonds is 6. The van der Waals surface area contributed by atoms with E-state index >= 15 is 0 Å². The molecule has 3 nitrogen and oxygen atoms in total. The van der Waals surface area contributed by atoms with Crippen molar-refractivity contribution in [2.24, 2.45) is 10.7 Å². The molecule has 0 spiro atoms. The molecule has 0 radical (unpaired) electrons. The molecule has 0 aliphatic heterocycles. The molecule has 0 amide bonds. The summed E-state index contributed by atoms with van der Waals surface area (Å²) in [5, 5.41) is 3.14. The van der Waals surface area contributed by atoms with Crippen molar-refractivity contribution in [1.82, 2.24) is 5.32 Å². The maximum Gasteiger partial charge on any atom is 0.188 e. The van der Waals surface area contributed by atoms with Gasteiger partial charge in [-0.2, -0.15) is 0 Å². The second kappa shape index (κ2) is 8.23. The smallest absolute Gasteiger partial charge is 0.188 e. The average molecular weight is 295 g/mol. The molecule has 2 aromatic carbocycles. The van der Waals surface area contributed by atoms with Gasteiger partial charge in [0, 0.05) is 18.5 Å².